The maximum Gasteiger partial charge on any atom is 0.295 e. The van der Waals surface area contributed by atoms with Gasteiger partial charge < -0.3 is 5.32 Å². The van der Waals surface area contributed by atoms with Gasteiger partial charge in [-0.2, -0.15) is 0 Å². The van der Waals surface area contributed by atoms with E-state index in [0.29, 0.717) is 17.2 Å². The highest BCUT2D eigenvalue weighted by Gasteiger charge is 2.19. The fourth-order valence-electron chi connectivity index (χ4n) is 2.81. The largest absolute Gasteiger partial charge is 0.319 e. The number of rotatable bonds is 4. The highest BCUT2D eigenvalue weighted by atomic mass is 19.1. The van der Waals surface area contributed by atoms with Crippen LogP contribution < -0.4 is 5.32 Å². The summed E-state index contributed by atoms with van der Waals surface area (Å²) in [6.07, 6.45) is 0. The standard InChI is InChI=1S/C22H16F2N4O/c1-14-5-7-15(8-6-14)21-26-20(22(29)25-18-4-2-3-17(24)13-18)27-28(21)19-11-9-16(23)10-12-19/h2-13H,1H3,(H,25,29). The van der Waals surface area contributed by atoms with Crippen molar-refractivity contribution in [1.29, 1.82) is 0 Å². The van der Waals surface area contributed by atoms with Gasteiger partial charge in [0.2, 0.25) is 5.82 Å². The van der Waals surface area contributed by atoms with Crippen LogP contribution in [0, 0.1) is 18.6 Å². The van der Waals surface area contributed by atoms with E-state index in [4.69, 9.17) is 0 Å². The molecule has 0 spiro atoms. The van der Waals surface area contributed by atoms with Crippen molar-refractivity contribution in [2.75, 3.05) is 5.32 Å². The van der Waals surface area contributed by atoms with Gasteiger partial charge in [0.1, 0.15) is 11.6 Å². The van der Waals surface area contributed by atoms with Crippen molar-refractivity contribution in [2.24, 2.45) is 0 Å². The average molecular weight is 390 g/mol. The summed E-state index contributed by atoms with van der Waals surface area (Å²) in [7, 11) is 0. The second-order valence-corrected chi connectivity index (χ2v) is 6.48. The lowest BCUT2D eigenvalue weighted by Crippen LogP contribution is -2.14. The smallest absolute Gasteiger partial charge is 0.295 e. The lowest BCUT2D eigenvalue weighted by atomic mass is 10.1. The molecule has 0 saturated carbocycles. The number of aryl methyl sites for hydroxylation is 1. The second-order valence-electron chi connectivity index (χ2n) is 6.48. The molecule has 3 aromatic carbocycles. The monoisotopic (exact) mass is 390 g/mol. The van der Waals surface area contributed by atoms with Crippen molar-refractivity contribution in [1.82, 2.24) is 14.8 Å². The number of aromatic nitrogens is 3. The summed E-state index contributed by atoms with van der Waals surface area (Å²) < 4.78 is 28.2. The van der Waals surface area contributed by atoms with Crippen LogP contribution in [0.15, 0.2) is 72.8 Å². The van der Waals surface area contributed by atoms with Crippen LogP contribution in [0.1, 0.15) is 16.2 Å². The fourth-order valence-corrected chi connectivity index (χ4v) is 2.81. The maximum atomic E-state index is 13.4. The molecule has 29 heavy (non-hydrogen) atoms. The minimum absolute atomic E-state index is 0.0887. The first-order valence-electron chi connectivity index (χ1n) is 8.86. The summed E-state index contributed by atoms with van der Waals surface area (Å²) in [5.74, 6) is -1.08. The van der Waals surface area contributed by atoms with Crippen molar-refractivity contribution in [3.8, 4) is 17.1 Å². The van der Waals surface area contributed by atoms with Crippen LogP contribution in [0.25, 0.3) is 17.1 Å². The Bertz CT molecular complexity index is 1110. The highest BCUT2D eigenvalue weighted by Crippen LogP contribution is 2.22. The fraction of sp³-hybridized carbons (Fsp3) is 0.0455. The SMILES string of the molecule is Cc1ccc(-c2nc(C(=O)Nc3cccc(F)c3)nn2-c2ccc(F)cc2)cc1. The zero-order chi connectivity index (χ0) is 20.4. The first-order chi connectivity index (χ1) is 14.0. The minimum Gasteiger partial charge on any atom is -0.319 e. The Morgan fingerprint density at radius 2 is 1.66 bits per heavy atom. The van der Waals surface area contributed by atoms with Crippen molar-refractivity contribution in [2.45, 2.75) is 6.92 Å². The third kappa shape index (κ3) is 4.03. The zero-order valence-electron chi connectivity index (χ0n) is 15.4. The molecule has 0 aliphatic carbocycles. The van der Waals surface area contributed by atoms with Gasteiger partial charge in [0, 0.05) is 11.3 Å². The van der Waals surface area contributed by atoms with Gasteiger partial charge >= 0.3 is 0 Å². The molecule has 1 amide bonds. The van der Waals surface area contributed by atoms with Gasteiger partial charge in [-0.05, 0) is 49.4 Å². The number of nitrogens with zero attached hydrogens (tertiary/aromatic N) is 3. The van der Waals surface area contributed by atoms with Crippen LogP contribution >= 0.6 is 0 Å². The average Bonchev–Trinajstić information content (AvgIpc) is 3.15. The van der Waals surface area contributed by atoms with E-state index in [-0.39, 0.29) is 11.6 Å². The Balaban J connectivity index is 1.75. The van der Waals surface area contributed by atoms with E-state index in [0.717, 1.165) is 11.1 Å². The molecule has 7 heteroatoms. The molecule has 1 heterocycles. The lowest BCUT2D eigenvalue weighted by Gasteiger charge is -2.06. The molecule has 0 bridgehead atoms. The Morgan fingerprint density at radius 3 is 2.34 bits per heavy atom. The second kappa shape index (κ2) is 7.63. The predicted molar refractivity (Wildman–Crippen MR) is 106 cm³/mol. The third-order valence-corrected chi connectivity index (χ3v) is 4.27. The number of nitrogens with one attached hydrogen (secondary N) is 1. The Morgan fingerprint density at radius 1 is 0.931 bits per heavy atom. The van der Waals surface area contributed by atoms with Gasteiger partial charge in [-0.3, -0.25) is 4.79 Å². The van der Waals surface area contributed by atoms with E-state index >= 15 is 0 Å². The summed E-state index contributed by atoms with van der Waals surface area (Å²) in [5.41, 5.74) is 2.67. The van der Waals surface area contributed by atoms with E-state index < -0.39 is 11.7 Å². The normalized spacial score (nSPS) is 10.7. The van der Waals surface area contributed by atoms with Crippen LogP contribution in [-0.2, 0) is 0 Å². The van der Waals surface area contributed by atoms with Gasteiger partial charge in [0.05, 0.1) is 5.69 Å². The van der Waals surface area contributed by atoms with Crippen molar-refractivity contribution < 1.29 is 13.6 Å². The Hall–Kier alpha value is -3.87. The summed E-state index contributed by atoms with van der Waals surface area (Å²) >= 11 is 0. The van der Waals surface area contributed by atoms with Gasteiger partial charge in [0.15, 0.2) is 5.82 Å². The zero-order valence-corrected chi connectivity index (χ0v) is 15.4. The molecule has 4 rings (SSSR count). The molecular formula is C22H16F2N4O. The summed E-state index contributed by atoms with van der Waals surface area (Å²) in [4.78, 5) is 17.0. The molecule has 0 unspecified atom stereocenters. The molecule has 0 aliphatic rings. The maximum absolute atomic E-state index is 13.4. The van der Waals surface area contributed by atoms with Crippen LogP contribution in [0.4, 0.5) is 14.5 Å². The number of amides is 1. The summed E-state index contributed by atoms with van der Waals surface area (Å²) in [5, 5.41) is 6.89. The topological polar surface area (TPSA) is 59.8 Å². The van der Waals surface area contributed by atoms with Crippen LogP contribution in [0.5, 0.6) is 0 Å². The number of carbonyl (C=O) groups excluding carboxylic acids is 1. The number of benzene rings is 3. The van der Waals surface area contributed by atoms with E-state index in [9.17, 15) is 13.6 Å². The van der Waals surface area contributed by atoms with E-state index in [1.54, 1.807) is 18.2 Å². The number of hydrogen-bond donors (Lipinski definition) is 1. The molecule has 1 N–H and O–H groups in total. The summed E-state index contributed by atoms with van der Waals surface area (Å²) in [6, 6.07) is 18.9. The van der Waals surface area contributed by atoms with E-state index in [1.165, 1.54) is 35.0 Å². The Kier molecular flexibility index (Phi) is 4.87. The van der Waals surface area contributed by atoms with E-state index in [2.05, 4.69) is 15.4 Å². The van der Waals surface area contributed by atoms with Gasteiger partial charge in [0.25, 0.3) is 5.91 Å². The Labute approximate surface area is 165 Å². The van der Waals surface area contributed by atoms with Gasteiger partial charge in [-0.25, -0.2) is 18.4 Å². The minimum atomic E-state index is -0.579. The molecule has 0 fully saturated rings. The van der Waals surface area contributed by atoms with Crippen molar-refractivity contribution in [3.63, 3.8) is 0 Å². The van der Waals surface area contributed by atoms with Crippen LogP contribution in [0.2, 0.25) is 0 Å². The molecule has 0 radical (unpaired) electrons. The first-order valence-corrected chi connectivity index (χ1v) is 8.86. The molecule has 0 saturated heterocycles. The van der Waals surface area contributed by atoms with Crippen LogP contribution in [0.3, 0.4) is 0 Å². The van der Waals surface area contributed by atoms with E-state index in [1.807, 2.05) is 31.2 Å². The third-order valence-electron chi connectivity index (χ3n) is 4.27. The molecule has 5 nitrogen and oxygen atoms in total. The molecule has 1 aromatic heterocycles. The van der Waals surface area contributed by atoms with Crippen molar-refractivity contribution >= 4 is 11.6 Å². The number of anilines is 1. The van der Waals surface area contributed by atoms with Crippen LogP contribution in [-0.4, -0.2) is 20.7 Å². The number of halogens is 2. The molecule has 144 valence electrons. The summed E-state index contributed by atoms with van der Waals surface area (Å²) in [6.45, 7) is 1.96. The van der Waals surface area contributed by atoms with Gasteiger partial charge in [-0.15, -0.1) is 5.10 Å². The van der Waals surface area contributed by atoms with Gasteiger partial charge in [-0.1, -0.05) is 35.9 Å². The number of carbonyl (C=O) groups is 1. The molecular weight excluding hydrogens is 374 g/mol. The predicted octanol–water partition coefficient (Wildman–Crippen LogP) is 4.77. The molecule has 0 atom stereocenters. The molecule has 4 aromatic rings. The highest BCUT2D eigenvalue weighted by molar-refractivity contribution is 6.01. The lowest BCUT2D eigenvalue weighted by molar-refractivity contribution is 0.101. The quantitative estimate of drug-likeness (QED) is 0.546. The number of hydrogen-bond acceptors (Lipinski definition) is 3. The van der Waals surface area contributed by atoms with Crippen molar-refractivity contribution in [3.05, 3.63) is 95.8 Å². The molecule has 0 aliphatic heterocycles. The first kappa shape index (κ1) is 18.5.